The van der Waals surface area contributed by atoms with Crippen molar-refractivity contribution in [3.05, 3.63) is 18.2 Å². The zero-order valence-corrected chi connectivity index (χ0v) is 12.9. The second-order valence-corrected chi connectivity index (χ2v) is 6.19. The van der Waals surface area contributed by atoms with E-state index in [0.29, 0.717) is 17.9 Å². The summed E-state index contributed by atoms with van der Waals surface area (Å²) in [6.45, 7) is 5.06. The van der Waals surface area contributed by atoms with Crippen molar-refractivity contribution >= 4 is 21.6 Å². The normalized spacial score (nSPS) is 12.8. The van der Waals surface area contributed by atoms with Crippen LogP contribution in [0, 0.1) is 0 Å². The highest BCUT2D eigenvalue weighted by molar-refractivity contribution is 7.89. The first kappa shape index (κ1) is 16.5. The third-order valence-electron chi connectivity index (χ3n) is 2.76. The summed E-state index contributed by atoms with van der Waals surface area (Å²) in [5.41, 5.74) is 0.433. The molecule has 0 radical (unpaired) electrons. The molecule has 112 valence electrons. The van der Waals surface area contributed by atoms with E-state index < -0.39 is 10.0 Å². The monoisotopic (exact) mass is 300 g/mol. The van der Waals surface area contributed by atoms with Crippen molar-refractivity contribution in [2.75, 3.05) is 12.4 Å². The smallest absolute Gasteiger partial charge is 0.240 e. The van der Waals surface area contributed by atoms with Gasteiger partial charge < -0.3 is 10.1 Å². The number of rotatable bonds is 6. The summed E-state index contributed by atoms with van der Waals surface area (Å²) in [6, 6.07) is 4.17. The second-order valence-electron chi connectivity index (χ2n) is 4.47. The maximum atomic E-state index is 12.1. The molecule has 0 aliphatic carbocycles. The summed E-state index contributed by atoms with van der Waals surface area (Å²) < 4.78 is 32.0. The Balaban J connectivity index is 3.12. The molecule has 1 aromatic carbocycles. The van der Waals surface area contributed by atoms with Crippen LogP contribution in [0.2, 0.25) is 0 Å². The van der Waals surface area contributed by atoms with Crippen molar-refractivity contribution < 1.29 is 17.9 Å². The summed E-state index contributed by atoms with van der Waals surface area (Å²) in [5.74, 6) is 0.0452. The number of benzene rings is 1. The molecule has 20 heavy (non-hydrogen) atoms. The minimum absolute atomic E-state index is 0.101. The van der Waals surface area contributed by atoms with Gasteiger partial charge in [-0.3, -0.25) is 4.79 Å². The molecular weight excluding hydrogens is 280 g/mol. The van der Waals surface area contributed by atoms with E-state index in [1.54, 1.807) is 6.92 Å². The van der Waals surface area contributed by atoms with Crippen molar-refractivity contribution in [2.24, 2.45) is 0 Å². The second kappa shape index (κ2) is 6.71. The number of carbonyl (C=O) groups is 1. The van der Waals surface area contributed by atoms with Gasteiger partial charge in [0.05, 0.1) is 17.7 Å². The molecule has 0 aliphatic rings. The molecule has 0 aromatic heterocycles. The van der Waals surface area contributed by atoms with Crippen LogP contribution in [0.3, 0.4) is 0 Å². The first-order chi connectivity index (χ1) is 9.30. The fraction of sp³-hybridized carbons (Fsp3) is 0.462. The summed E-state index contributed by atoms with van der Waals surface area (Å²) in [4.78, 5) is 11.2. The molecule has 2 N–H and O–H groups in total. The van der Waals surface area contributed by atoms with Crippen LogP contribution in [0.1, 0.15) is 27.2 Å². The number of sulfonamides is 1. The van der Waals surface area contributed by atoms with Gasteiger partial charge in [0.1, 0.15) is 5.75 Å². The summed E-state index contributed by atoms with van der Waals surface area (Å²) in [6.07, 6.45) is 0.695. The van der Waals surface area contributed by atoms with E-state index in [0.717, 1.165) is 0 Å². The predicted molar refractivity (Wildman–Crippen MR) is 77.4 cm³/mol. The van der Waals surface area contributed by atoms with Gasteiger partial charge in [-0.1, -0.05) is 6.92 Å². The van der Waals surface area contributed by atoms with Crippen LogP contribution in [-0.2, 0) is 14.8 Å². The lowest BCUT2D eigenvalue weighted by Gasteiger charge is -2.14. The summed E-state index contributed by atoms with van der Waals surface area (Å²) in [5, 5.41) is 2.58. The number of methoxy groups -OCH3 is 1. The number of amides is 1. The molecule has 1 rings (SSSR count). The van der Waals surface area contributed by atoms with E-state index in [4.69, 9.17) is 4.74 Å². The van der Waals surface area contributed by atoms with E-state index >= 15 is 0 Å². The molecule has 6 nitrogen and oxygen atoms in total. The lowest BCUT2D eigenvalue weighted by molar-refractivity contribution is -0.114. The topological polar surface area (TPSA) is 84.5 Å². The van der Waals surface area contributed by atoms with Gasteiger partial charge in [0.2, 0.25) is 15.9 Å². The van der Waals surface area contributed by atoms with Crippen molar-refractivity contribution in [2.45, 2.75) is 38.1 Å². The maximum Gasteiger partial charge on any atom is 0.240 e. The van der Waals surface area contributed by atoms with E-state index in [9.17, 15) is 13.2 Å². The molecule has 0 unspecified atom stereocenters. The first-order valence-corrected chi connectivity index (χ1v) is 7.76. The lowest BCUT2D eigenvalue weighted by Crippen LogP contribution is -2.32. The standard InChI is InChI=1S/C13H20N2O4S/c1-5-9(2)15-20(17,18)11-6-7-12(14-10(3)16)13(8-11)19-4/h6-9,15H,5H2,1-4H3,(H,14,16)/t9-/m1/s1. The van der Waals surface area contributed by atoms with Crippen molar-refractivity contribution in [3.8, 4) is 5.75 Å². The van der Waals surface area contributed by atoms with Crippen LogP contribution in [0.15, 0.2) is 23.1 Å². The number of hydrogen-bond acceptors (Lipinski definition) is 4. The Labute approximate surface area is 119 Å². The average molecular weight is 300 g/mol. The largest absolute Gasteiger partial charge is 0.495 e. The summed E-state index contributed by atoms with van der Waals surface area (Å²) >= 11 is 0. The zero-order chi connectivity index (χ0) is 15.3. The fourth-order valence-corrected chi connectivity index (χ4v) is 2.89. The minimum Gasteiger partial charge on any atom is -0.495 e. The number of nitrogens with one attached hydrogen (secondary N) is 2. The van der Waals surface area contributed by atoms with Gasteiger partial charge in [-0.05, 0) is 25.5 Å². The van der Waals surface area contributed by atoms with Gasteiger partial charge >= 0.3 is 0 Å². The molecule has 0 saturated heterocycles. The third kappa shape index (κ3) is 4.21. The van der Waals surface area contributed by atoms with Gasteiger partial charge in [-0.25, -0.2) is 13.1 Å². The SMILES string of the molecule is CC[C@@H](C)NS(=O)(=O)c1ccc(NC(C)=O)c(OC)c1. The molecular formula is C13H20N2O4S. The Morgan fingerprint density at radius 2 is 2.05 bits per heavy atom. The van der Waals surface area contributed by atoms with Crippen LogP contribution in [0.4, 0.5) is 5.69 Å². The molecule has 0 bridgehead atoms. The number of hydrogen-bond donors (Lipinski definition) is 2. The van der Waals surface area contributed by atoms with Gasteiger partial charge in [-0.15, -0.1) is 0 Å². The Hall–Kier alpha value is -1.60. The van der Waals surface area contributed by atoms with E-state index in [2.05, 4.69) is 10.0 Å². The van der Waals surface area contributed by atoms with E-state index in [1.807, 2.05) is 6.92 Å². The van der Waals surface area contributed by atoms with E-state index in [1.165, 1.54) is 32.2 Å². The van der Waals surface area contributed by atoms with Gasteiger partial charge in [-0.2, -0.15) is 0 Å². The van der Waals surface area contributed by atoms with Gasteiger partial charge in [0.25, 0.3) is 0 Å². The Morgan fingerprint density at radius 3 is 2.55 bits per heavy atom. The van der Waals surface area contributed by atoms with Crippen LogP contribution >= 0.6 is 0 Å². The molecule has 7 heteroatoms. The molecule has 0 aliphatic heterocycles. The van der Waals surface area contributed by atoms with Crippen molar-refractivity contribution in [1.29, 1.82) is 0 Å². The molecule has 0 fully saturated rings. The molecule has 1 atom stereocenters. The molecule has 0 spiro atoms. The Kier molecular flexibility index (Phi) is 5.52. The highest BCUT2D eigenvalue weighted by Crippen LogP contribution is 2.27. The highest BCUT2D eigenvalue weighted by atomic mass is 32.2. The Bertz CT molecular complexity index is 584. The zero-order valence-electron chi connectivity index (χ0n) is 12.1. The predicted octanol–water partition coefficient (Wildman–Crippen LogP) is 1.73. The van der Waals surface area contributed by atoms with Crippen LogP contribution in [0.5, 0.6) is 5.75 Å². The minimum atomic E-state index is -3.59. The maximum absolute atomic E-state index is 12.1. The molecule has 1 aromatic rings. The number of anilines is 1. The number of ether oxygens (including phenoxy) is 1. The summed E-state index contributed by atoms with van der Waals surface area (Å²) in [7, 11) is -2.18. The quantitative estimate of drug-likeness (QED) is 0.838. The fourth-order valence-electron chi connectivity index (χ4n) is 1.55. The van der Waals surface area contributed by atoms with Crippen LogP contribution in [0.25, 0.3) is 0 Å². The first-order valence-electron chi connectivity index (χ1n) is 6.28. The average Bonchev–Trinajstić information content (AvgIpc) is 2.37. The van der Waals surface area contributed by atoms with Crippen LogP contribution < -0.4 is 14.8 Å². The molecule has 1 amide bonds. The van der Waals surface area contributed by atoms with Crippen LogP contribution in [-0.4, -0.2) is 27.5 Å². The van der Waals surface area contributed by atoms with Crippen molar-refractivity contribution in [3.63, 3.8) is 0 Å². The van der Waals surface area contributed by atoms with Gasteiger partial charge in [0, 0.05) is 19.0 Å². The van der Waals surface area contributed by atoms with Crippen molar-refractivity contribution in [1.82, 2.24) is 4.72 Å². The van der Waals surface area contributed by atoms with E-state index in [-0.39, 0.29) is 16.8 Å². The lowest BCUT2D eigenvalue weighted by atomic mass is 10.3. The number of carbonyl (C=O) groups excluding carboxylic acids is 1. The molecule has 0 saturated carbocycles. The molecule has 0 heterocycles. The van der Waals surface area contributed by atoms with Gasteiger partial charge in [0.15, 0.2) is 0 Å². The highest BCUT2D eigenvalue weighted by Gasteiger charge is 2.18. The third-order valence-corrected chi connectivity index (χ3v) is 4.35. The Morgan fingerprint density at radius 1 is 1.40 bits per heavy atom.